The number of carbonyl (C=O) groups excluding carboxylic acids is 2. The molecule has 16 heteroatoms. The molecule has 0 bridgehead atoms. The van der Waals surface area contributed by atoms with E-state index >= 15 is 0 Å². The second-order valence-corrected chi connectivity index (χ2v) is 10.3. The molecule has 2 aromatic carbocycles. The number of carbonyl (C=O) groups is 3. The normalized spacial score (nSPS) is 14.7. The number of morpholine rings is 1. The Balaban J connectivity index is 0.000000708. The van der Waals surface area contributed by atoms with E-state index in [0.29, 0.717) is 43.1 Å². The van der Waals surface area contributed by atoms with Crippen molar-refractivity contribution in [2.45, 2.75) is 30.5 Å². The van der Waals surface area contributed by atoms with Crippen molar-refractivity contribution in [2.75, 3.05) is 31.6 Å². The molecule has 2 aromatic rings. The van der Waals surface area contributed by atoms with Crippen molar-refractivity contribution in [3.05, 3.63) is 59.7 Å². The van der Waals surface area contributed by atoms with Crippen molar-refractivity contribution in [3.63, 3.8) is 0 Å². The Morgan fingerprint density at radius 1 is 1.05 bits per heavy atom. The van der Waals surface area contributed by atoms with E-state index in [4.69, 9.17) is 25.8 Å². The number of carboxylic acids is 1. The van der Waals surface area contributed by atoms with E-state index in [0.717, 1.165) is 0 Å². The number of halogens is 3. The Kier molecular flexibility index (Phi) is 11.2. The van der Waals surface area contributed by atoms with Crippen LogP contribution in [0.4, 0.5) is 18.9 Å². The van der Waals surface area contributed by atoms with Gasteiger partial charge in [0.05, 0.1) is 24.2 Å². The van der Waals surface area contributed by atoms with Crippen molar-refractivity contribution >= 4 is 39.3 Å². The Morgan fingerprint density at radius 2 is 1.57 bits per heavy atom. The fourth-order valence-electron chi connectivity index (χ4n) is 3.32. The molecule has 1 heterocycles. The number of hydrogen-bond donors (Lipinski definition) is 5. The number of anilines is 1. The monoisotopic (exact) mass is 587 g/mol. The van der Waals surface area contributed by atoms with Gasteiger partial charge in [-0.3, -0.25) is 15.0 Å². The summed E-state index contributed by atoms with van der Waals surface area (Å²) in [5.74, 6) is -3.78. The number of aliphatic carboxylic acids is 1. The lowest BCUT2D eigenvalue weighted by atomic mass is 10.1. The highest BCUT2D eigenvalue weighted by atomic mass is 32.2. The minimum atomic E-state index is -5.08. The molecule has 12 nitrogen and oxygen atoms in total. The maximum absolute atomic E-state index is 12.7. The molecule has 0 aliphatic carbocycles. The van der Waals surface area contributed by atoms with E-state index in [-0.39, 0.29) is 17.2 Å². The standard InChI is InChI=1S/C22H27N5O5S.C2HF3O2/c1-15(16-4-8-19(9-5-16)33(30,31)27-10-12-32-13-11-27)25-20(28)14-21(29)26-18-6-2-17(3-7-18)22(23)24;3-2(4,5)1(6)7/h2-9,15H,10-14H2,1H3,(H3,23,24)(H,25,28)(H,26,29);(H,6,7). The molecule has 2 amide bonds. The second-order valence-electron chi connectivity index (χ2n) is 8.39. The highest BCUT2D eigenvalue weighted by Gasteiger charge is 2.38. The smallest absolute Gasteiger partial charge is 0.475 e. The quantitative estimate of drug-likeness (QED) is 0.175. The number of carboxylic acid groups (broad SMARTS) is 1. The topological polar surface area (TPSA) is 192 Å². The number of nitrogens with two attached hydrogens (primary N) is 1. The molecule has 1 aliphatic heterocycles. The van der Waals surface area contributed by atoms with E-state index in [1.54, 1.807) is 43.3 Å². The molecule has 0 spiro atoms. The van der Waals surface area contributed by atoms with Gasteiger partial charge >= 0.3 is 12.1 Å². The summed E-state index contributed by atoms with van der Waals surface area (Å²) in [6.45, 7) is 3.14. The number of rotatable bonds is 8. The summed E-state index contributed by atoms with van der Waals surface area (Å²) in [6.07, 6.45) is -5.46. The Labute approximate surface area is 227 Å². The van der Waals surface area contributed by atoms with Gasteiger partial charge in [-0.2, -0.15) is 17.5 Å². The number of amides is 2. The van der Waals surface area contributed by atoms with E-state index in [1.807, 2.05) is 0 Å². The zero-order chi connectivity index (χ0) is 30.1. The largest absolute Gasteiger partial charge is 0.490 e. The first-order valence-electron chi connectivity index (χ1n) is 11.6. The van der Waals surface area contributed by atoms with Gasteiger partial charge in [-0.05, 0) is 48.9 Å². The van der Waals surface area contributed by atoms with Gasteiger partial charge in [0.2, 0.25) is 21.8 Å². The highest BCUT2D eigenvalue weighted by molar-refractivity contribution is 7.89. The molecule has 0 aromatic heterocycles. The van der Waals surface area contributed by atoms with Gasteiger partial charge in [-0.1, -0.05) is 12.1 Å². The number of ether oxygens (including phenoxy) is 1. The number of nitrogens with zero attached hydrogens (tertiary/aromatic N) is 1. The third-order valence-corrected chi connectivity index (χ3v) is 7.32. The van der Waals surface area contributed by atoms with Crippen molar-refractivity contribution in [3.8, 4) is 0 Å². The van der Waals surface area contributed by atoms with Crippen LogP contribution in [0.1, 0.15) is 30.5 Å². The number of amidine groups is 1. The minimum absolute atomic E-state index is 0.0760. The Morgan fingerprint density at radius 3 is 2.05 bits per heavy atom. The zero-order valence-corrected chi connectivity index (χ0v) is 22.0. The molecule has 6 N–H and O–H groups in total. The Bertz CT molecular complexity index is 1310. The van der Waals surface area contributed by atoms with Crippen LogP contribution in [-0.2, 0) is 29.1 Å². The predicted octanol–water partition coefficient (Wildman–Crippen LogP) is 1.83. The third-order valence-electron chi connectivity index (χ3n) is 5.41. The summed E-state index contributed by atoms with van der Waals surface area (Å²) in [7, 11) is -3.59. The van der Waals surface area contributed by atoms with Crippen molar-refractivity contribution < 1.29 is 45.8 Å². The molecule has 218 valence electrons. The molecule has 0 radical (unpaired) electrons. The van der Waals surface area contributed by atoms with Crippen LogP contribution < -0.4 is 16.4 Å². The molecule has 1 unspecified atom stereocenters. The lowest BCUT2D eigenvalue weighted by molar-refractivity contribution is -0.192. The first-order chi connectivity index (χ1) is 18.6. The molecule has 1 aliphatic rings. The first kappa shape index (κ1) is 32.2. The number of hydrogen-bond acceptors (Lipinski definition) is 7. The number of benzene rings is 2. The van der Waals surface area contributed by atoms with Crippen LogP contribution in [-0.4, -0.2) is 73.9 Å². The molecule has 1 saturated heterocycles. The SMILES string of the molecule is CC(NC(=O)CC(=O)Nc1ccc(C(=N)N)cc1)c1ccc(S(=O)(=O)N2CCOCC2)cc1.O=C(O)C(F)(F)F. The van der Waals surface area contributed by atoms with Gasteiger partial charge in [-0.15, -0.1) is 0 Å². The molecular weight excluding hydrogens is 559 g/mol. The summed E-state index contributed by atoms with van der Waals surface area (Å²) >= 11 is 0. The molecule has 1 atom stereocenters. The van der Waals surface area contributed by atoms with Crippen molar-refractivity contribution in [2.24, 2.45) is 5.73 Å². The lowest BCUT2D eigenvalue weighted by Gasteiger charge is -2.26. The van der Waals surface area contributed by atoms with Gasteiger partial charge in [0.25, 0.3) is 0 Å². The van der Waals surface area contributed by atoms with E-state index < -0.39 is 40.0 Å². The van der Waals surface area contributed by atoms with E-state index in [1.165, 1.54) is 16.4 Å². The van der Waals surface area contributed by atoms with Crippen LogP contribution in [0.15, 0.2) is 53.4 Å². The van der Waals surface area contributed by atoms with E-state index in [9.17, 15) is 31.2 Å². The minimum Gasteiger partial charge on any atom is -0.475 e. The molecule has 0 saturated carbocycles. The van der Waals surface area contributed by atoms with Gasteiger partial charge in [0, 0.05) is 24.3 Å². The van der Waals surface area contributed by atoms with Gasteiger partial charge in [-0.25, -0.2) is 13.2 Å². The van der Waals surface area contributed by atoms with E-state index in [2.05, 4.69) is 10.6 Å². The van der Waals surface area contributed by atoms with Crippen LogP contribution in [0.25, 0.3) is 0 Å². The average molecular weight is 588 g/mol. The number of nitrogens with one attached hydrogen (secondary N) is 3. The third kappa shape index (κ3) is 9.62. The van der Waals surface area contributed by atoms with Crippen molar-refractivity contribution in [1.29, 1.82) is 5.41 Å². The lowest BCUT2D eigenvalue weighted by Crippen LogP contribution is -2.40. The first-order valence-corrected chi connectivity index (χ1v) is 13.1. The maximum atomic E-state index is 12.7. The van der Waals surface area contributed by atoms with Crippen LogP contribution in [0, 0.1) is 5.41 Å². The summed E-state index contributed by atoms with van der Waals surface area (Å²) in [4.78, 5) is 33.5. The van der Waals surface area contributed by atoms with Crippen molar-refractivity contribution in [1.82, 2.24) is 9.62 Å². The number of nitrogen functional groups attached to an aromatic ring is 1. The summed E-state index contributed by atoms with van der Waals surface area (Å²) in [5.41, 5.74) is 7.13. The van der Waals surface area contributed by atoms with Crippen LogP contribution >= 0.6 is 0 Å². The highest BCUT2D eigenvalue weighted by Crippen LogP contribution is 2.20. The Hall–Kier alpha value is -4.02. The van der Waals surface area contributed by atoms with Crippen LogP contribution in [0.3, 0.4) is 0 Å². The van der Waals surface area contributed by atoms with Gasteiger partial charge in [0.15, 0.2) is 0 Å². The second kappa shape index (κ2) is 13.9. The summed E-state index contributed by atoms with van der Waals surface area (Å²) < 4.78 is 63.8. The summed E-state index contributed by atoms with van der Waals surface area (Å²) in [5, 5.41) is 19.8. The van der Waals surface area contributed by atoms with Gasteiger partial charge in [0.1, 0.15) is 12.3 Å². The van der Waals surface area contributed by atoms with Crippen LogP contribution in [0.2, 0.25) is 0 Å². The predicted molar refractivity (Wildman–Crippen MR) is 137 cm³/mol. The zero-order valence-electron chi connectivity index (χ0n) is 21.2. The molecule has 3 rings (SSSR count). The number of alkyl halides is 3. The average Bonchev–Trinajstić information content (AvgIpc) is 2.89. The van der Waals surface area contributed by atoms with Gasteiger partial charge < -0.3 is 26.2 Å². The number of sulfonamides is 1. The maximum Gasteiger partial charge on any atom is 0.490 e. The molecular formula is C24H28F3N5O7S. The fourth-order valence-corrected chi connectivity index (χ4v) is 4.73. The fraction of sp³-hybridized carbons (Fsp3) is 0.333. The summed E-state index contributed by atoms with van der Waals surface area (Å²) in [6, 6.07) is 12.3. The van der Waals surface area contributed by atoms with Crippen LogP contribution in [0.5, 0.6) is 0 Å². The molecule has 1 fully saturated rings. The molecule has 40 heavy (non-hydrogen) atoms.